The first-order valence-corrected chi connectivity index (χ1v) is 14.0. The van der Waals surface area contributed by atoms with Gasteiger partial charge in [-0.1, -0.05) is 17.8 Å². The van der Waals surface area contributed by atoms with Gasteiger partial charge in [-0.05, 0) is 55.9 Å². The number of carbonyl (C=O) groups is 2. The van der Waals surface area contributed by atoms with E-state index in [1.165, 1.54) is 41.5 Å². The molecule has 0 aliphatic heterocycles. The molecule has 0 bridgehead atoms. The fraction of sp³-hybridized carbons (Fsp3) is 0.320. The van der Waals surface area contributed by atoms with Crippen molar-refractivity contribution >= 4 is 61.5 Å². The zero-order chi connectivity index (χ0) is 25.4. The summed E-state index contributed by atoms with van der Waals surface area (Å²) in [6.07, 6.45) is 6.11. The molecule has 8 nitrogen and oxygen atoms in total. The molecule has 4 aromatic rings. The highest BCUT2D eigenvalue weighted by atomic mass is 32.2. The summed E-state index contributed by atoms with van der Waals surface area (Å²) in [6, 6.07) is 3.73. The molecule has 4 aromatic heterocycles. The monoisotopic (exact) mass is 540 g/mol. The average Bonchev–Trinajstić information content (AvgIpc) is 3.53. The van der Waals surface area contributed by atoms with Crippen LogP contribution < -0.4 is 10.9 Å². The van der Waals surface area contributed by atoms with Gasteiger partial charge in [0.1, 0.15) is 9.83 Å². The van der Waals surface area contributed by atoms with E-state index in [2.05, 4.69) is 10.3 Å². The highest BCUT2D eigenvalue weighted by Crippen LogP contribution is 2.39. The Kier molecular flexibility index (Phi) is 6.96. The quantitative estimate of drug-likeness (QED) is 0.208. The second-order valence-electron chi connectivity index (χ2n) is 8.50. The number of hydrogen-bond donors (Lipinski definition) is 1. The van der Waals surface area contributed by atoms with Crippen molar-refractivity contribution in [2.75, 3.05) is 18.2 Å². The third kappa shape index (κ3) is 4.58. The zero-order valence-electron chi connectivity index (χ0n) is 20.0. The van der Waals surface area contributed by atoms with Gasteiger partial charge < -0.3 is 10.1 Å². The first kappa shape index (κ1) is 24.7. The maximum Gasteiger partial charge on any atom is 0.341 e. The third-order valence-electron chi connectivity index (χ3n) is 6.21. The Morgan fingerprint density at radius 2 is 2.08 bits per heavy atom. The van der Waals surface area contributed by atoms with Crippen LogP contribution >= 0.6 is 34.4 Å². The minimum absolute atomic E-state index is 0.0392. The normalized spacial score (nSPS) is 12.6. The molecule has 4 heterocycles. The number of anilines is 1. The number of esters is 1. The molecule has 0 unspecified atom stereocenters. The van der Waals surface area contributed by atoms with E-state index in [0.29, 0.717) is 32.5 Å². The van der Waals surface area contributed by atoms with Gasteiger partial charge in [-0.2, -0.15) is 0 Å². The van der Waals surface area contributed by atoms with Crippen molar-refractivity contribution in [2.45, 2.75) is 44.8 Å². The summed E-state index contributed by atoms with van der Waals surface area (Å²) in [5.74, 6) is -0.665. The highest BCUT2D eigenvalue weighted by Gasteiger charge is 2.28. The Hall–Kier alpha value is -3.02. The van der Waals surface area contributed by atoms with E-state index in [1.54, 1.807) is 17.0 Å². The van der Waals surface area contributed by atoms with Crippen LogP contribution in [-0.4, -0.2) is 39.3 Å². The van der Waals surface area contributed by atoms with Crippen molar-refractivity contribution in [3.05, 3.63) is 66.9 Å². The number of thiophene rings is 2. The number of rotatable bonds is 7. The maximum absolute atomic E-state index is 13.5. The molecule has 1 N–H and O–H groups in total. The van der Waals surface area contributed by atoms with Crippen LogP contribution in [0.25, 0.3) is 10.2 Å². The molecule has 0 saturated heterocycles. The Balaban J connectivity index is 1.42. The van der Waals surface area contributed by atoms with E-state index < -0.39 is 5.97 Å². The molecule has 1 aliphatic rings. The number of nitrogens with one attached hydrogen (secondary N) is 1. The summed E-state index contributed by atoms with van der Waals surface area (Å²) in [5, 5.41) is 4.50. The van der Waals surface area contributed by atoms with Gasteiger partial charge >= 0.3 is 5.97 Å². The van der Waals surface area contributed by atoms with E-state index in [4.69, 9.17) is 9.72 Å². The molecule has 11 heteroatoms. The fourth-order valence-corrected chi connectivity index (χ4v) is 7.50. The van der Waals surface area contributed by atoms with Gasteiger partial charge in [-0.15, -0.1) is 22.7 Å². The SMILES string of the molecule is COC(=O)c1c(NC(=O)CSc2nc3sc(C)c(C)c3c(=O)n2Cc2cccnc2)sc2c1CCC2. The number of nitrogens with zero attached hydrogens (tertiary/aromatic N) is 3. The van der Waals surface area contributed by atoms with Crippen molar-refractivity contribution < 1.29 is 14.3 Å². The lowest BCUT2D eigenvalue weighted by Crippen LogP contribution is -2.25. The summed E-state index contributed by atoms with van der Waals surface area (Å²) in [6.45, 7) is 4.21. The molecule has 186 valence electrons. The van der Waals surface area contributed by atoms with Crippen LogP contribution in [0.3, 0.4) is 0 Å². The van der Waals surface area contributed by atoms with Crippen LogP contribution in [-0.2, 0) is 28.9 Å². The van der Waals surface area contributed by atoms with Gasteiger partial charge in [-0.3, -0.25) is 19.1 Å². The molecule has 0 spiro atoms. The number of amides is 1. The first-order chi connectivity index (χ1) is 17.4. The minimum atomic E-state index is -0.432. The van der Waals surface area contributed by atoms with E-state index in [1.807, 2.05) is 26.0 Å². The lowest BCUT2D eigenvalue weighted by atomic mass is 10.1. The largest absolute Gasteiger partial charge is 0.465 e. The fourth-order valence-electron chi connectivity index (χ4n) is 4.34. The van der Waals surface area contributed by atoms with Crippen LogP contribution in [0.15, 0.2) is 34.5 Å². The molecule has 0 atom stereocenters. The van der Waals surface area contributed by atoms with E-state index >= 15 is 0 Å². The molecule has 0 saturated carbocycles. The summed E-state index contributed by atoms with van der Waals surface area (Å²) in [7, 11) is 1.35. The second kappa shape index (κ2) is 10.2. The minimum Gasteiger partial charge on any atom is -0.465 e. The predicted octanol–water partition coefficient (Wildman–Crippen LogP) is 4.59. The molecule has 1 amide bonds. The van der Waals surface area contributed by atoms with Crippen LogP contribution in [0.1, 0.15) is 43.2 Å². The van der Waals surface area contributed by atoms with Gasteiger partial charge in [0.25, 0.3) is 5.56 Å². The van der Waals surface area contributed by atoms with E-state index in [9.17, 15) is 14.4 Å². The lowest BCUT2D eigenvalue weighted by molar-refractivity contribution is -0.113. The van der Waals surface area contributed by atoms with Crippen molar-refractivity contribution in [1.29, 1.82) is 0 Å². The number of carbonyl (C=O) groups excluding carboxylic acids is 2. The average molecular weight is 541 g/mol. The van der Waals surface area contributed by atoms with Crippen LogP contribution in [0.4, 0.5) is 5.00 Å². The predicted molar refractivity (Wildman–Crippen MR) is 144 cm³/mol. The van der Waals surface area contributed by atoms with Gasteiger partial charge in [0.2, 0.25) is 5.91 Å². The Morgan fingerprint density at radius 1 is 1.25 bits per heavy atom. The molecular formula is C25H24N4O4S3. The number of aryl methyl sites for hydroxylation is 3. The molecule has 5 rings (SSSR count). The lowest BCUT2D eigenvalue weighted by Gasteiger charge is -2.12. The van der Waals surface area contributed by atoms with Crippen LogP contribution in [0.2, 0.25) is 0 Å². The van der Waals surface area contributed by atoms with Crippen LogP contribution in [0.5, 0.6) is 0 Å². The number of thioether (sulfide) groups is 1. The van der Waals surface area contributed by atoms with Gasteiger partial charge in [0.15, 0.2) is 5.16 Å². The molecule has 1 aliphatic carbocycles. The van der Waals surface area contributed by atoms with Crippen molar-refractivity contribution in [2.24, 2.45) is 0 Å². The number of hydrogen-bond acceptors (Lipinski definition) is 9. The van der Waals surface area contributed by atoms with Crippen LogP contribution in [0, 0.1) is 13.8 Å². The Bertz CT molecular complexity index is 1540. The standard InChI is InChI=1S/C25H24N4O4S3/c1-13-14(2)35-21-19(13)23(31)29(11-15-6-5-9-26-10-15)25(28-21)34-12-18(30)27-22-20(24(32)33-3)16-7-4-8-17(16)36-22/h5-6,9-10H,4,7-8,11-12H2,1-3H3,(H,27,30). The third-order valence-corrected chi connectivity index (χ3v) is 9.50. The summed E-state index contributed by atoms with van der Waals surface area (Å²) in [4.78, 5) is 50.6. The number of ether oxygens (including phenoxy) is 1. The molecule has 0 fully saturated rings. The van der Waals surface area contributed by atoms with Crippen molar-refractivity contribution in [1.82, 2.24) is 14.5 Å². The number of fused-ring (bicyclic) bond motifs is 2. The number of aromatic nitrogens is 3. The Morgan fingerprint density at radius 3 is 2.83 bits per heavy atom. The second-order valence-corrected chi connectivity index (χ2v) is 11.8. The van der Waals surface area contributed by atoms with Gasteiger partial charge in [0.05, 0.1) is 30.4 Å². The molecular weight excluding hydrogens is 517 g/mol. The molecule has 0 radical (unpaired) electrons. The van der Waals surface area contributed by atoms with E-state index in [0.717, 1.165) is 45.7 Å². The molecule has 36 heavy (non-hydrogen) atoms. The van der Waals surface area contributed by atoms with Gasteiger partial charge in [-0.25, -0.2) is 9.78 Å². The molecule has 0 aromatic carbocycles. The topological polar surface area (TPSA) is 103 Å². The summed E-state index contributed by atoms with van der Waals surface area (Å²) in [5.41, 5.74) is 3.12. The first-order valence-electron chi connectivity index (χ1n) is 11.4. The van der Waals surface area contributed by atoms with Crippen molar-refractivity contribution in [3.8, 4) is 0 Å². The maximum atomic E-state index is 13.5. The van der Waals surface area contributed by atoms with Gasteiger partial charge in [0, 0.05) is 22.1 Å². The Labute approximate surface area is 219 Å². The smallest absolute Gasteiger partial charge is 0.341 e. The summed E-state index contributed by atoms with van der Waals surface area (Å²) < 4.78 is 6.58. The summed E-state index contributed by atoms with van der Waals surface area (Å²) >= 11 is 4.12. The number of pyridine rings is 1. The van der Waals surface area contributed by atoms with Crippen molar-refractivity contribution in [3.63, 3.8) is 0 Å². The highest BCUT2D eigenvalue weighted by molar-refractivity contribution is 7.99. The van der Waals surface area contributed by atoms with E-state index in [-0.39, 0.29) is 17.2 Å². The zero-order valence-corrected chi connectivity index (χ0v) is 22.5. The number of methoxy groups -OCH3 is 1.